The highest BCUT2D eigenvalue weighted by Gasteiger charge is 2.30. The molecule has 0 saturated heterocycles. The van der Waals surface area contributed by atoms with Crippen molar-refractivity contribution < 1.29 is 13.5 Å². The molecular weight excluding hydrogens is 200 g/mol. The van der Waals surface area contributed by atoms with Gasteiger partial charge >= 0.3 is 0 Å². The summed E-state index contributed by atoms with van der Waals surface area (Å²) in [5.41, 5.74) is 0.499. The first-order valence-electron chi connectivity index (χ1n) is 4.37. The average molecular weight is 211 g/mol. The van der Waals surface area contributed by atoms with Gasteiger partial charge in [-0.25, -0.2) is 8.78 Å². The molecule has 0 radical (unpaired) electrons. The van der Waals surface area contributed by atoms with E-state index in [0.29, 0.717) is 5.56 Å². The van der Waals surface area contributed by atoms with Crippen LogP contribution in [-0.4, -0.2) is 7.11 Å². The second-order valence-electron chi connectivity index (χ2n) is 3.39. The molecule has 0 unspecified atom stereocenters. The van der Waals surface area contributed by atoms with Gasteiger partial charge in [-0.2, -0.15) is 5.26 Å². The van der Waals surface area contributed by atoms with E-state index in [9.17, 15) is 8.78 Å². The first kappa shape index (κ1) is 11.4. The normalized spacial score (nSPS) is 10.9. The Morgan fingerprint density at radius 1 is 1.40 bits per heavy atom. The van der Waals surface area contributed by atoms with Crippen LogP contribution in [-0.2, 0) is 5.92 Å². The van der Waals surface area contributed by atoms with Crippen LogP contribution in [0.2, 0.25) is 0 Å². The fraction of sp³-hybridized carbons (Fsp3) is 0.364. The van der Waals surface area contributed by atoms with Crippen molar-refractivity contribution in [3.05, 3.63) is 28.8 Å². The first-order valence-corrected chi connectivity index (χ1v) is 4.37. The Morgan fingerprint density at radius 2 is 2.00 bits per heavy atom. The predicted molar refractivity (Wildman–Crippen MR) is 52.0 cm³/mol. The van der Waals surface area contributed by atoms with Crippen LogP contribution >= 0.6 is 0 Å². The summed E-state index contributed by atoms with van der Waals surface area (Å²) in [6.45, 7) is 2.45. The lowest BCUT2D eigenvalue weighted by Crippen LogP contribution is -2.10. The molecule has 0 atom stereocenters. The summed E-state index contributed by atoms with van der Waals surface area (Å²) in [6.07, 6.45) is 0. The second-order valence-corrected chi connectivity index (χ2v) is 3.39. The van der Waals surface area contributed by atoms with Gasteiger partial charge in [0, 0.05) is 6.92 Å². The van der Waals surface area contributed by atoms with Crippen LogP contribution in [0.4, 0.5) is 8.78 Å². The number of hydrogen-bond donors (Lipinski definition) is 0. The van der Waals surface area contributed by atoms with E-state index in [2.05, 4.69) is 0 Å². The summed E-state index contributed by atoms with van der Waals surface area (Å²) in [7, 11) is 1.28. The Labute approximate surface area is 87.1 Å². The fourth-order valence-corrected chi connectivity index (χ4v) is 1.40. The molecule has 0 amide bonds. The second kappa shape index (κ2) is 3.85. The highest BCUT2D eigenvalue weighted by molar-refractivity contribution is 5.52. The zero-order valence-electron chi connectivity index (χ0n) is 8.77. The van der Waals surface area contributed by atoms with Crippen molar-refractivity contribution in [3.8, 4) is 11.8 Å². The number of methoxy groups -OCH3 is 1. The zero-order chi connectivity index (χ0) is 11.6. The molecule has 0 bridgehead atoms. The molecule has 0 spiro atoms. The summed E-state index contributed by atoms with van der Waals surface area (Å²) < 4.78 is 31.3. The number of ether oxygens (including phenoxy) is 1. The minimum absolute atomic E-state index is 0.0457. The summed E-state index contributed by atoms with van der Waals surface area (Å²) in [5.74, 6) is -3.06. The standard InChI is InChI=1S/C11H11F2NO/c1-7-4-8(6-14)10(15-3)9(5-7)11(2,12)13/h4-5H,1-3H3. The maximum absolute atomic E-state index is 13.2. The van der Waals surface area contributed by atoms with Gasteiger partial charge in [0.1, 0.15) is 11.8 Å². The van der Waals surface area contributed by atoms with Crippen LogP contribution in [0.5, 0.6) is 5.75 Å². The van der Waals surface area contributed by atoms with E-state index < -0.39 is 5.92 Å². The molecule has 0 aliphatic carbocycles. The van der Waals surface area contributed by atoms with Gasteiger partial charge in [0.15, 0.2) is 0 Å². The third-order valence-corrected chi connectivity index (χ3v) is 2.03. The van der Waals surface area contributed by atoms with Crippen LogP contribution in [0, 0.1) is 18.3 Å². The fourth-order valence-electron chi connectivity index (χ4n) is 1.40. The van der Waals surface area contributed by atoms with Gasteiger partial charge < -0.3 is 4.74 Å². The third kappa shape index (κ3) is 2.24. The van der Waals surface area contributed by atoms with Crippen molar-refractivity contribution in [1.29, 1.82) is 5.26 Å². The monoisotopic (exact) mass is 211 g/mol. The molecule has 0 aliphatic heterocycles. The van der Waals surface area contributed by atoms with E-state index in [1.54, 1.807) is 6.92 Å². The quantitative estimate of drug-likeness (QED) is 0.753. The van der Waals surface area contributed by atoms with Crippen LogP contribution in [0.25, 0.3) is 0 Å². The van der Waals surface area contributed by atoms with Crippen LogP contribution in [0.3, 0.4) is 0 Å². The lowest BCUT2D eigenvalue weighted by molar-refractivity contribution is 0.0150. The van der Waals surface area contributed by atoms with Crippen molar-refractivity contribution in [2.75, 3.05) is 7.11 Å². The number of alkyl halides is 2. The molecule has 2 nitrogen and oxygen atoms in total. The van der Waals surface area contributed by atoms with Crippen molar-refractivity contribution >= 4 is 0 Å². The highest BCUT2D eigenvalue weighted by atomic mass is 19.3. The Balaban J connectivity index is 3.51. The lowest BCUT2D eigenvalue weighted by atomic mass is 10.0. The molecule has 0 heterocycles. The lowest BCUT2D eigenvalue weighted by Gasteiger charge is -2.16. The van der Waals surface area contributed by atoms with E-state index in [4.69, 9.17) is 10.00 Å². The molecule has 15 heavy (non-hydrogen) atoms. The van der Waals surface area contributed by atoms with E-state index in [0.717, 1.165) is 6.92 Å². The summed E-state index contributed by atoms with van der Waals surface area (Å²) >= 11 is 0. The van der Waals surface area contributed by atoms with Gasteiger partial charge in [-0.05, 0) is 24.6 Å². The van der Waals surface area contributed by atoms with Crippen molar-refractivity contribution in [3.63, 3.8) is 0 Å². The molecule has 80 valence electrons. The third-order valence-electron chi connectivity index (χ3n) is 2.03. The van der Waals surface area contributed by atoms with Gasteiger partial charge in [-0.15, -0.1) is 0 Å². The van der Waals surface area contributed by atoms with E-state index in [1.165, 1.54) is 19.2 Å². The zero-order valence-corrected chi connectivity index (χ0v) is 8.77. The number of benzene rings is 1. The largest absolute Gasteiger partial charge is 0.495 e. The molecule has 0 aromatic heterocycles. The predicted octanol–water partition coefficient (Wildman–Crippen LogP) is 2.99. The molecule has 4 heteroatoms. The Bertz CT molecular complexity index is 416. The van der Waals surface area contributed by atoms with Crippen LogP contribution in [0.1, 0.15) is 23.6 Å². The van der Waals surface area contributed by atoms with Gasteiger partial charge in [0.05, 0.1) is 18.2 Å². The number of rotatable bonds is 2. The first-order chi connectivity index (χ1) is 6.90. The molecule has 0 N–H and O–H groups in total. The molecule has 0 fully saturated rings. The molecule has 0 aliphatic rings. The van der Waals surface area contributed by atoms with E-state index in [1.807, 2.05) is 6.07 Å². The number of nitrogens with zero attached hydrogens (tertiary/aromatic N) is 1. The minimum atomic E-state index is -3.01. The highest BCUT2D eigenvalue weighted by Crippen LogP contribution is 2.37. The summed E-state index contributed by atoms with van der Waals surface area (Å²) in [4.78, 5) is 0. The molecule has 0 saturated carbocycles. The SMILES string of the molecule is COc1c(C#N)cc(C)cc1C(C)(F)F. The Morgan fingerprint density at radius 3 is 2.40 bits per heavy atom. The smallest absolute Gasteiger partial charge is 0.274 e. The topological polar surface area (TPSA) is 33.0 Å². The molecular formula is C11H11F2NO. The van der Waals surface area contributed by atoms with E-state index >= 15 is 0 Å². The summed E-state index contributed by atoms with van der Waals surface area (Å²) in [5, 5.41) is 8.79. The maximum atomic E-state index is 13.2. The van der Waals surface area contributed by atoms with Crippen molar-refractivity contribution in [2.45, 2.75) is 19.8 Å². The minimum Gasteiger partial charge on any atom is -0.495 e. The number of hydrogen-bond acceptors (Lipinski definition) is 2. The number of nitriles is 1. The average Bonchev–Trinajstić information content (AvgIpc) is 2.15. The number of aryl methyl sites for hydroxylation is 1. The summed E-state index contributed by atoms with van der Waals surface area (Å²) in [6, 6.07) is 4.70. The molecule has 1 aromatic rings. The van der Waals surface area contributed by atoms with Crippen LogP contribution in [0.15, 0.2) is 12.1 Å². The van der Waals surface area contributed by atoms with Gasteiger partial charge in [0.25, 0.3) is 5.92 Å². The van der Waals surface area contributed by atoms with Gasteiger partial charge in [-0.3, -0.25) is 0 Å². The van der Waals surface area contributed by atoms with Crippen LogP contribution < -0.4 is 4.74 Å². The van der Waals surface area contributed by atoms with Gasteiger partial charge in [0.2, 0.25) is 0 Å². The molecule has 1 rings (SSSR count). The maximum Gasteiger partial charge on any atom is 0.274 e. The van der Waals surface area contributed by atoms with Crippen molar-refractivity contribution in [1.82, 2.24) is 0 Å². The molecule has 1 aromatic carbocycles. The Hall–Kier alpha value is -1.63. The van der Waals surface area contributed by atoms with Gasteiger partial charge in [-0.1, -0.05) is 0 Å². The van der Waals surface area contributed by atoms with E-state index in [-0.39, 0.29) is 16.9 Å². The Kier molecular flexibility index (Phi) is 2.94. The van der Waals surface area contributed by atoms with Crippen molar-refractivity contribution in [2.24, 2.45) is 0 Å². The number of halogens is 2.